The summed E-state index contributed by atoms with van der Waals surface area (Å²) in [5.74, 6) is 0.776. The summed E-state index contributed by atoms with van der Waals surface area (Å²) >= 11 is 0. The number of piperazine rings is 1. The van der Waals surface area contributed by atoms with E-state index in [0.717, 1.165) is 65.0 Å². The monoisotopic (exact) mass is 629 g/mol. The molecule has 0 aromatic heterocycles. The van der Waals surface area contributed by atoms with Crippen LogP contribution in [0.25, 0.3) is 0 Å². The van der Waals surface area contributed by atoms with E-state index in [1.807, 2.05) is 41.5 Å². The fourth-order valence-corrected chi connectivity index (χ4v) is 7.79. The number of fused-ring (bicyclic) bond motifs is 2. The summed E-state index contributed by atoms with van der Waals surface area (Å²) in [5.41, 5.74) is 7.16. The van der Waals surface area contributed by atoms with E-state index in [4.69, 9.17) is 0 Å². The Balaban J connectivity index is 1.39. The quantitative estimate of drug-likeness (QED) is 0.343. The van der Waals surface area contributed by atoms with Crippen LogP contribution in [0.2, 0.25) is 0 Å². The summed E-state index contributed by atoms with van der Waals surface area (Å²) in [5, 5.41) is 10.4. The molecule has 252 valence electrons. The molecule has 5 rings (SSSR count). The van der Waals surface area contributed by atoms with Crippen molar-refractivity contribution in [3.63, 3.8) is 0 Å². The normalized spacial score (nSPS) is 23.7. The van der Waals surface area contributed by atoms with Crippen LogP contribution >= 0.6 is 0 Å². The van der Waals surface area contributed by atoms with Crippen LogP contribution in [0.15, 0.2) is 36.4 Å². The van der Waals surface area contributed by atoms with Gasteiger partial charge in [-0.1, -0.05) is 86.6 Å². The van der Waals surface area contributed by atoms with Crippen molar-refractivity contribution >= 4 is 23.2 Å². The molecule has 3 aliphatic rings. The third kappa shape index (κ3) is 7.73. The minimum absolute atomic E-state index is 0.00413. The van der Waals surface area contributed by atoms with Crippen molar-refractivity contribution in [3.8, 4) is 0 Å². The van der Waals surface area contributed by atoms with Gasteiger partial charge in [0.25, 0.3) is 0 Å². The molecule has 7 nitrogen and oxygen atoms in total. The fraction of sp³-hybridized carbons (Fsp3) is 0.641. The molecule has 1 fully saturated rings. The molecule has 7 heteroatoms. The van der Waals surface area contributed by atoms with Crippen molar-refractivity contribution in [2.24, 2.45) is 22.2 Å². The van der Waals surface area contributed by atoms with Gasteiger partial charge in [0.1, 0.15) is 0 Å². The van der Waals surface area contributed by atoms with Gasteiger partial charge in [-0.15, -0.1) is 0 Å². The van der Waals surface area contributed by atoms with Gasteiger partial charge in [0.05, 0.1) is 12.1 Å². The van der Waals surface area contributed by atoms with E-state index < -0.39 is 10.8 Å². The topological polar surface area (TPSA) is 76.7 Å². The predicted octanol–water partition coefficient (Wildman–Crippen LogP) is 6.91. The van der Waals surface area contributed by atoms with Crippen molar-refractivity contribution in [1.82, 2.24) is 16.0 Å². The standard InChI is InChI=1S/C39H59N5O2/c1-26-22-29-27(32(24-39(8,9)23-26)42-36(46)38(5,6)7)12-10-14-33(29)43-18-20-44(21-19-43)34-15-11-13-28-30(34)25-40-17-16-31(28)41-35(45)37(2,3)4/h10-15,26,31-32,40H,16-25H2,1-9H3,(H,41,45)(H,42,46). The molecule has 2 aromatic carbocycles. The SMILES string of the molecule is CC1Cc2c(cccc2N2CCN(c3cccc4c3CNCCC4NC(=O)C(C)(C)C)CC2)C(NC(=O)C(C)(C)C)CC(C)(C)C1. The Kier molecular flexibility index (Phi) is 9.85. The second-order valence-corrected chi connectivity index (χ2v) is 17.1. The van der Waals surface area contributed by atoms with Crippen LogP contribution in [0.3, 0.4) is 0 Å². The molecule has 2 aliphatic heterocycles. The minimum atomic E-state index is -0.433. The number of anilines is 2. The number of benzene rings is 2. The van der Waals surface area contributed by atoms with Crippen LogP contribution < -0.4 is 25.8 Å². The zero-order valence-corrected chi connectivity index (χ0v) is 30.0. The first-order chi connectivity index (χ1) is 21.5. The number of nitrogens with zero attached hydrogens (tertiary/aromatic N) is 2. The van der Waals surface area contributed by atoms with Gasteiger partial charge >= 0.3 is 0 Å². The predicted molar refractivity (Wildman–Crippen MR) is 190 cm³/mol. The lowest BCUT2D eigenvalue weighted by atomic mass is 9.72. The lowest BCUT2D eigenvalue weighted by molar-refractivity contribution is -0.130. The highest BCUT2D eigenvalue weighted by Gasteiger charge is 2.35. The molecule has 0 bridgehead atoms. The first-order valence-corrected chi connectivity index (χ1v) is 17.6. The summed E-state index contributed by atoms with van der Waals surface area (Å²) in [7, 11) is 0. The van der Waals surface area contributed by atoms with Gasteiger partial charge in [-0.3, -0.25) is 9.59 Å². The first-order valence-electron chi connectivity index (χ1n) is 17.6. The molecule has 2 aromatic rings. The number of nitrogens with one attached hydrogen (secondary N) is 3. The molecule has 0 radical (unpaired) electrons. The molecular formula is C39H59N5O2. The lowest BCUT2D eigenvalue weighted by Crippen LogP contribution is -2.47. The van der Waals surface area contributed by atoms with Gasteiger partial charge in [-0.05, 0) is 77.9 Å². The smallest absolute Gasteiger partial charge is 0.225 e. The van der Waals surface area contributed by atoms with Crippen molar-refractivity contribution < 1.29 is 9.59 Å². The van der Waals surface area contributed by atoms with Gasteiger partial charge in [0, 0.05) is 54.9 Å². The largest absolute Gasteiger partial charge is 0.368 e. The molecule has 1 saturated heterocycles. The zero-order chi connectivity index (χ0) is 33.4. The number of carbonyl (C=O) groups is 2. The van der Waals surface area contributed by atoms with E-state index in [-0.39, 0.29) is 29.3 Å². The zero-order valence-electron chi connectivity index (χ0n) is 30.0. The maximum atomic E-state index is 13.3. The molecule has 3 atom stereocenters. The lowest BCUT2D eigenvalue weighted by Gasteiger charge is -2.42. The van der Waals surface area contributed by atoms with Crippen LogP contribution in [0.4, 0.5) is 11.4 Å². The van der Waals surface area contributed by atoms with E-state index >= 15 is 0 Å². The van der Waals surface area contributed by atoms with E-state index in [2.05, 4.69) is 82.9 Å². The van der Waals surface area contributed by atoms with Gasteiger partial charge in [-0.25, -0.2) is 0 Å². The van der Waals surface area contributed by atoms with Crippen LogP contribution in [-0.4, -0.2) is 44.5 Å². The van der Waals surface area contributed by atoms with Crippen LogP contribution in [0.1, 0.15) is 116 Å². The molecule has 1 aliphatic carbocycles. The van der Waals surface area contributed by atoms with Crippen molar-refractivity contribution in [3.05, 3.63) is 58.7 Å². The van der Waals surface area contributed by atoms with E-state index in [1.54, 1.807) is 0 Å². The fourth-order valence-electron chi connectivity index (χ4n) is 7.79. The molecule has 3 unspecified atom stereocenters. The number of hydrogen-bond donors (Lipinski definition) is 3. The highest BCUT2D eigenvalue weighted by Crippen LogP contribution is 2.43. The van der Waals surface area contributed by atoms with Gasteiger partial charge < -0.3 is 25.8 Å². The number of rotatable bonds is 4. The Hall–Kier alpha value is -3.06. The maximum absolute atomic E-state index is 13.3. The molecule has 0 saturated carbocycles. The molecule has 3 N–H and O–H groups in total. The van der Waals surface area contributed by atoms with Crippen LogP contribution in [0, 0.1) is 22.2 Å². The Morgan fingerprint density at radius 1 is 0.761 bits per heavy atom. The van der Waals surface area contributed by atoms with E-state index in [0.29, 0.717) is 5.92 Å². The molecule has 2 amide bonds. The Bertz CT molecular complexity index is 1410. The van der Waals surface area contributed by atoms with Crippen molar-refractivity contribution in [1.29, 1.82) is 0 Å². The summed E-state index contributed by atoms with van der Waals surface area (Å²) in [6.07, 6.45) is 3.99. The Morgan fingerprint density at radius 2 is 1.26 bits per heavy atom. The van der Waals surface area contributed by atoms with E-state index in [1.165, 1.54) is 33.6 Å². The summed E-state index contributed by atoms with van der Waals surface area (Å²) in [6.45, 7) is 24.5. The average molecular weight is 630 g/mol. The minimum Gasteiger partial charge on any atom is -0.368 e. The van der Waals surface area contributed by atoms with Crippen LogP contribution in [-0.2, 0) is 22.6 Å². The Labute approximate surface area is 278 Å². The second-order valence-electron chi connectivity index (χ2n) is 17.1. The molecule has 46 heavy (non-hydrogen) atoms. The van der Waals surface area contributed by atoms with E-state index in [9.17, 15) is 9.59 Å². The summed E-state index contributed by atoms with van der Waals surface area (Å²) < 4.78 is 0. The molecule has 0 spiro atoms. The highest BCUT2D eigenvalue weighted by atomic mass is 16.2. The summed E-state index contributed by atoms with van der Waals surface area (Å²) in [4.78, 5) is 31.3. The first kappa shape index (κ1) is 34.3. The Morgan fingerprint density at radius 3 is 1.80 bits per heavy atom. The third-order valence-corrected chi connectivity index (χ3v) is 10.2. The van der Waals surface area contributed by atoms with Crippen LogP contribution in [0.5, 0.6) is 0 Å². The second kappa shape index (κ2) is 13.2. The summed E-state index contributed by atoms with van der Waals surface area (Å²) in [6, 6.07) is 13.4. The number of amides is 2. The van der Waals surface area contributed by atoms with Gasteiger partial charge in [0.2, 0.25) is 11.8 Å². The average Bonchev–Trinajstić information content (AvgIpc) is 3.17. The third-order valence-electron chi connectivity index (χ3n) is 10.2. The maximum Gasteiger partial charge on any atom is 0.225 e. The number of carbonyl (C=O) groups excluding carboxylic acids is 2. The molecule has 2 heterocycles. The van der Waals surface area contributed by atoms with Gasteiger partial charge in [0.15, 0.2) is 0 Å². The van der Waals surface area contributed by atoms with Crippen molar-refractivity contribution in [2.45, 2.75) is 107 Å². The molecular weight excluding hydrogens is 570 g/mol. The van der Waals surface area contributed by atoms with Gasteiger partial charge in [-0.2, -0.15) is 0 Å². The van der Waals surface area contributed by atoms with Crippen molar-refractivity contribution in [2.75, 3.05) is 42.5 Å². The number of hydrogen-bond acceptors (Lipinski definition) is 5. The highest BCUT2D eigenvalue weighted by molar-refractivity contribution is 5.82.